The number of nitrogens with one attached hydrogen (secondary N) is 1. The number of hydrogen-bond acceptors (Lipinski definition) is 3. The second-order valence-electron chi connectivity index (χ2n) is 5.16. The number of hydrogen-bond donors (Lipinski definition) is 1. The molecule has 3 aromatic rings. The monoisotopic (exact) mass is 287 g/mol. The Morgan fingerprint density at radius 1 is 0.909 bits per heavy atom. The maximum atomic E-state index is 11.9. The maximum absolute atomic E-state index is 11.9. The second-order valence-corrected chi connectivity index (χ2v) is 5.16. The van der Waals surface area contributed by atoms with E-state index in [9.17, 15) is 4.79 Å². The highest BCUT2D eigenvalue weighted by molar-refractivity contribution is 6.23. The van der Waals surface area contributed by atoms with Crippen molar-refractivity contribution in [3.8, 4) is 0 Å². The molecule has 0 spiro atoms. The van der Waals surface area contributed by atoms with Crippen LogP contribution in [0.3, 0.4) is 0 Å². The fourth-order valence-corrected chi connectivity index (χ4v) is 2.61. The van der Waals surface area contributed by atoms with Crippen LogP contribution < -0.4 is 5.32 Å². The van der Waals surface area contributed by atoms with Gasteiger partial charge in [0.05, 0.1) is 23.3 Å². The Morgan fingerprint density at radius 2 is 1.68 bits per heavy atom. The molecule has 4 nitrogen and oxygen atoms in total. The van der Waals surface area contributed by atoms with Crippen LogP contribution in [0.1, 0.15) is 21.6 Å². The number of amides is 1. The molecule has 2 aromatic carbocycles. The quantitative estimate of drug-likeness (QED) is 0.788. The van der Waals surface area contributed by atoms with E-state index in [2.05, 4.69) is 15.3 Å². The van der Waals surface area contributed by atoms with Gasteiger partial charge in [-0.05, 0) is 18.2 Å². The van der Waals surface area contributed by atoms with Crippen molar-refractivity contribution in [2.45, 2.75) is 6.54 Å². The molecule has 1 aliphatic heterocycles. The molecule has 0 aliphatic carbocycles. The molecular weight excluding hydrogens is 274 g/mol. The summed E-state index contributed by atoms with van der Waals surface area (Å²) in [4.78, 5) is 21.0. The van der Waals surface area contributed by atoms with Crippen molar-refractivity contribution in [2.75, 3.05) is 0 Å². The van der Waals surface area contributed by atoms with E-state index in [-0.39, 0.29) is 5.91 Å². The van der Waals surface area contributed by atoms with Crippen LogP contribution >= 0.6 is 0 Å². The molecule has 106 valence electrons. The van der Waals surface area contributed by atoms with E-state index in [0.29, 0.717) is 17.9 Å². The van der Waals surface area contributed by atoms with E-state index in [1.54, 1.807) is 0 Å². The Kier molecular flexibility index (Phi) is 2.93. The van der Waals surface area contributed by atoms with Crippen molar-refractivity contribution in [3.63, 3.8) is 0 Å². The number of aliphatic imine (C=N–C) groups is 1. The lowest BCUT2D eigenvalue weighted by atomic mass is 10.1. The molecule has 0 bridgehead atoms. The summed E-state index contributed by atoms with van der Waals surface area (Å²) in [5.41, 5.74) is 3.36. The van der Waals surface area contributed by atoms with Gasteiger partial charge in [-0.3, -0.25) is 14.8 Å². The number of carbonyl (C=O) groups is 1. The Hall–Kier alpha value is -3.01. The smallest absolute Gasteiger partial charge is 0.257 e. The molecule has 0 radical (unpaired) electrons. The van der Waals surface area contributed by atoms with Crippen molar-refractivity contribution in [2.24, 2.45) is 4.99 Å². The van der Waals surface area contributed by atoms with Crippen molar-refractivity contribution < 1.29 is 4.79 Å². The van der Waals surface area contributed by atoms with E-state index in [0.717, 1.165) is 22.2 Å². The topological polar surface area (TPSA) is 54.4 Å². The van der Waals surface area contributed by atoms with Crippen LogP contribution in [0, 0.1) is 0 Å². The first-order chi connectivity index (χ1) is 10.8. The van der Waals surface area contributed by atoms with Gasteiger partial charge in [-0.2, -0.15) is 0 Å². The largest absolute Gasteiger partial charge is 0.306 e. The summed E-state index contributed by atoms with van der Waals surface area (Å²) in [5.74, 6) is 0.524. The predicted molar refractivity (Wildman–Crippen MR) is 85.9 cm³/mol. The van der Waals surface area contributed by atoms with Crippen LogP contribution in [0.5, 0.6) is 0 Å². The van der Waals surface area contributed by atoms with Crippen molar-refractivity contribution in [1.29, 1.82) is 0 Å². The van der Waals surface area contributed by atoms with Crippen LogP contribution in [0.2, 0.25) is 0 Å². The average Bonchev–Trinajstić information content (AvgIpc) is 2.89. The molecule has 1 amide bonds. The molecule has 4 rings (SSSR count). The van der Waals surface area contributed by atoms with Crippen LogP contribution in [0.15, 0.2) is 65.7 Å². The highest BCUT2D eigenvalue weighted by Gasteiger charge is 2.23. The van der Waals surface area contributed by atoms with E-state index in [4.69, 9.17) is 0 Å². The van der Waals surface area contributed by atoms with Crippen LogP contribution in [0.25, 0.3) is 10.9 Å². The minimum atomic E-state index is -0.0965. The minimum absolute atomic E-state index is 0.0965. The van der Waals surface area contributed by atoms with E-state index in [1.807, 2.05) is 60.7 Å². The fourth-order valence-electron chi connectivity index (χ4n) is 2.61. The summed E-state index contributed by atoms with van der Waals surface area (Å²) >= 11 is 0. The minimum Gasteiger partial charge on any atom is -0.306 e. The molecule has 0 saturated heterocycles. The van der Waals surface area contributed by atoms with Crippen LogP contribution in [-0.4, -0.2) is 16.7 Å². The van der Waals surface area contributed by atoms with E-state index >= 15 is 0 Å². The zero-order valence-corrected chi connectivity index (χ0v) is 11.8. The first-order valence-electron chi connectivity index (χ1n) is 7.11. The average molecular weight is 287 g/mol. The van der Waals surface area contributed by atoms with Crippen molar-refractivity contribution in [3.05, 3.63) is 77.5 Å². The van der Waals surface area contributed by atoms with Crippen molar-refractivity contribution >= 4 is 22.6 Å². The third-order valence-electron chi connectivity index (χ3n) is 3.71. The molecule has 0 fully saturated rings. The van der Waals surface area contributed by atoms with Gasteiger partial charge in [0.25, 0.3) is 5.91 Å². The lowest BCUT2D eigenvalue weighted by molar-refractivity contribution is 0.0983. The summed E-state index contributed by atoms with van der Waals surface area (Å²) in [6.07, 6.45) is 0. The summed E-state index contributed by atoms with van der Waals surface area (Å²) < 4.78 is 0. The summed E-state index contributed by atoms with van der Waals surface area (Å²) in [6, 6.07) is 19.5. The van der Waals surface area contributed by atoms with Crippen molar-refractivity contribution in [1.82, 2.24) is 10.3 Å². The molecule has 1 N–H and O–H groups in total. The van der Waals surface area contributed by atoms with E-state index in [1.165, 1.54) is 0 Å². The number of amidine groups is 1. The number of nitrogens with zero attached hydrogens (tertiary/aromatic N) is 2. The Labute approximate surface area is 127 Å². The van der Waals surface area contributed by atoms with Gasteiger partial charge in [0, 0.05) is 10.9 Å². The number of para-hydroxylation sites is 1. The van der Waals surface area contributed by atoms with Gasteiger partial charge in [0.1, 0.15) is 5.84 Å². The lowest BCUT2D eigenvalue weighted by Gasteiger charge is -2.02. The Balaban J connectivity index is 1.65. The van der Waals surface area contributed by atoms with Gasteiger partial charge in [-0.25, -0.2) is 0 Å². The van der Waals surface area contributed by atoms with Gasteiger partial charge < -0.3 is 5.32 Å². The fraction of sp³-hybridized carbons (Fsp3) is 0.0556. The number of fused-ring (bicyclic) bond motifs is 2. The highest BCUT2D eigenvalue weighted by Crippen LogP contribution is 2.17. The van der Waals surface area contributed by atoms with Crippen LogP contribution in [-0.2, 0) is 6.54 Å². The second kappa shape index (κ2) is 5.07. The van der Waals surface area contributed by atoms with Gasteiger partial charge in [0.15, 0.2) is 0 Å². The zero-order chi connectivity index (χ0) is 14.9. The molecule has 2 heterocycles. The number of pyridine rings is 1. The molecule has 0 unspecified atom stereocenters. The first-order valence-corrected chi connectivity index (χ1v) is 7.11. The summed E-state index contributed by atoms with van der Waals surface area (Å²) in [5, 5.41) is 3.92. The SMILES string of the molecule is O=C1NC(=NCc2ccc3ccccc3n2)c2ccccc21. The molecule has 1 aromatic heterocycles. The zero-order valence-electron chi connectivity index (χ0n) is 11.8. The predicted octanol–water partition coefficient (Wildman–Crippen LogP) is 2.93. The summed E-state index contributed by atoms with van der Waals surface area (Å²) in [6.45, 7) is 0.439. The molecule has 0 atom stereocenters. The van der Waals surface area contributed by atoms with Gasteiger partial charge in [0.2, 0.25) is 0 Å². The van der Waals surface area contributed by atoms with Crippen LogP contribution in [0.4, 0.5) is 0 Å². The Bertz CT molecular complexity index is 915. The molecule has 4 heteroatoms. The number of aromatic nitrogens is 1. The lowest BCUT2D eigenvalue weighted by Crippen LogP contribution is -2.21. The highest BCUT2D eigenvalue weighted by atomic mass is 16.2. The van der Waals surface area contributed by atoms with Gasteiger partial charge >= 0.3 is 0 Å². The summed E-state index contributed by atoms with van der Waals surface area (Å²) in [7, 11) is 0. The first kappa shape index (κ1) is 12.7. The van der Waals surface area contributed by atoms with Gasteiger partial charge in [-0.15, -0.1) is 0 Å². The maximum Gasteiger partial charge on any atom is 0.257 e. The molecule has 22 heavy (non-hydrogen) atoms. The van der Waals surface area contributed by atoms with Gasteiger partial charge in [-0.1, -0.05) is 42.5 Å². The molecule has 0 saturated carbocycles. The van der Waals surface area contributed by atoms with E-state index < -0.39 is 0 Å². The third kappa shape index (κ3) is 2.15. The number of benzene rings is 2. The molecule has 1 aliphatic rings. The third-order valence-corrected chi connectivity index (χ3v) is 3.71. The number of carbonyl (C=O) groups excluding carboxylic acids is 1. The normalized spacial score (nSPS) is 15.1. The number of rotatable bonds is 2. The Morgan fingerprint density at radius 3 is 2.59 bits per heavy atom. The molecular formula is C18H13N3O. The standard InChI is InChI=1S/C18H13N3O/c22-18-15-7-3-2-6-14(15)17(21-18)19-11-13-10-9-12-5-1-4-8-16(12)20-13/h1-10H,11H2,(H,19,21,22).